The molecule has 212 valence electrons. The summed E-state index contributed by atoms with van der Waals surface area (Å²) < 4.78 is 31.0. The van der Waals surface area contributed by atoms with Gasteiger partial charge in [-0.1, -0.05) is 24.4 Å². The standard InChI is InChI=1S/C31H31ClF2N6O/c1-16-7-21(16)26-22(9-20(41)10-24(26)32)28-27(34)29-23(13-36-28)30(40-15-18-8-19(40)12-35-18)38-25(37-29)3-5-31-4-2-6-39(31)14-17(33)11-31/h9-10,13,16-19,21,35,41H,2,4,6-8,11-12,14-15H2,1H3/t16-,17-,18-,19-,21-,31-/m1/s1. The Morgan fingerprint density at radius 1 is 1.22 bits per heavy atom. The summed E-state index contributed by atoms with van der Waals surface area (Å²) in [4.78, 5) is 18.4. The minimum Gasteiger partial charge on any atom is -0.508 e. The number of alkyl halides is 1. The zero-order chi connectivity index (χ0) is 28.0. The molecule has 2 bridgehead atoms. The van der Waals surface area contributed by atoms with Crippen molar-refractivity contribution in [3.8, 4) is 28.8 Å². The molecule has 10 heteroatoms. The van der Waals surface area contributed by atoms with Crippen LogP contribution in [-0.4, -0.2) is 74.9 Å². The Bertz CT molecular complexity index is 1660. The highest BCUT2D eigenvalue weighted by Crippen LogP contribution is 2.53. The van der Waals surface area contributed by atoms with E-state index in [1.807, 2.05) is 0 Å². The largest absolute Gasteiger partial charge is 0.508 e. The lowest BCUT2D eigenvalue weighted by Gasteiger charge is -2.29. The number of fused-ring (bicyclic) bond motifs is 4. The molecule has 1 saturated carbocycles. The fourth-order valence-corrected chi connectivity index (χ4v) is 8.05. The van der Waals surface area contributed by atoms with Gasteiger partial charge in [-0.2, -0.15) is 0 Å². The minimum atomic E-state index is -0.895. The average Bonchev–Trinajstić information content (AvgIpc) is 3.36. The van der Waals surface area contributed by atoms with E-state index in [0.29, 0.717) is 46.7 Å². The minimum absolute atomic E-state index is 0.0398. The van der Waals surface area contributed by atoms with E-state index in [2.05, 4.69) is 43.8 Å². The number of halogens is 3. The van der Waals surface area contributed by atoms with Gasteiger partial charge >= 0.3 is 0 Å². The number of piperazine rings is 1. The second kappa shape index (κ2) is 9.22. The summed E-state index contributed by atoms with van der Waals surface area (Å²) in [6.07, 6.45) is 4.86. The van der Waals surface area contributed by atoms with Gasteiger partial charge in [0.15, 0.2) is 5.82 Å². The lowest BCUT2D eigenvalue weighted by molar-refractivity contribution is 0.255. The third-order valence-corrected chi connectivity index (χ3v) is 10.2. The van der Waals surface area contributed by atoms with Gasteiger partial charge in [-0.25, -0.2) is 18.7 Å². The molecule has 0 amide bonds. The summed E-state index contributed by atoms with van der Waals surface area (Å²) >= 11 is 6.59. The van der Waals surface area contributed by atoms with Gasteiger partial charge in [0.2, 0.25) is 5.82 Å². The van der Waals surface area contributed by atoms with E-state index in [4.69, 9.17) is 16.6 Å². The van der Waals surface area contributed by atoms with Crippen molar-refractivity contribution in [2.45, 2.75) is 68.7 Å². The van der Waals surface area contributed by atoms with Crippen molar-refractivity contribution < 1.29 is 13.9 Å². The first-order valence-electron chi connectivity index (χ1n) is 14.6. The lowest BCUT2D eigenvalue weighted by Crippen LogP contribution is -2.44. The number of benzene rings is 1. The summed E-state index contributed by atoms with van der Waals surface area (Å²) in [5.41, 5.74) is 1.04. The number of pyridine rings is 1. The van der Waals surface area contributed by atoms with Gasteiger partial charge < -0.3 is 15.3 Å². The highest BCUT2D eigenvalue weighted by Gasteiger charge is 2.48. The first-order chi connectivity index (χ1) is 19.8. The monoisotopic (exact) mass is 576 g/mol. The Morgan fingerprint density at radius 3 is 2.83 bits per heavy atom. The van der Waals surface area contributed by atoms with E-state index >= 15 is 4.39 Å². The molecule has 7 nitrogen and oxygen atoms in total. The van der Waals surface area contributed by atoms with E-state index in [1.54, 1.807) is 12.3 Å². The van der Waals surface area contributed by atoms with Crippen LogP contribution in [0.5, 0.6) is 5.75 Å². The Balaban J connectivity index is 1.30. The fraction of sp³-hybridized carbons (Fsp3) is 0.516. The molecule has 4 aliphatic heterocycles. The van der Waals surface area contributed by atoms with Crippen molar-refractivity contribution in [1.29, 1.82) is 0 Å². The number of phenolic OH excluding ortho intramolecular Hbond substituents is 1. The second-order valence-electron chi connectivity index (χ2n) is 12.5. The molecule has 2 N–H and O–H groups in total. The number of aromatic nitrogens is 3. The third-order valence-electron chi connectivity index (χ3n) is 9.85. The second-order valence-corrected chi connectivity index (χ2v) is 12.9. The van der Waals surface area contributed by atoms with Crippen molar-refractivity contribution in [2.24, 2.45) is 5.92 Å². The number of hydrogen-bond donors (Lipinski definition) is 2. The van der Waals surface area contributed by atoms with Crippen LogP contribution < -0.4 is 10.2 Å². The fourth-order valence-electron chi connectivity index (χ4n) is 7.69. The quantitative estimate of drug-likeness (QED) is 0.434. The van der Waals surface area contributed by atoms with Crippen LogP contribution in [0.3, 0.4) is 0 Å². The van der Waals surface area contributed by atoms with Crippen LogP contribution in [0.25, 0.3) is 22.2 Å². The third kappa shape index (κ3) is 4.10. The Morgan fingerprint density at radius 2 is 2.07 bits per heavy atom. The number of hydrogen-bond acceptors (Lipinski definition) is 7. The van der Waals surface area contributed by atoms with E-state index in [1.165, 1.54) is 6.07 Å². The normalized spacial score (nSPS) is 32.0. The predicted octanol–water partition coefficient (Wildman–Crippen LogP) is 4.79. The molecule has 0 spiro atoms. The lowest BCUT2D eigenvalue weighted by atomic mass is 9.94. The van der Waals surface area contributed by atoms with Gasteiger partial charge in [0, 0.05) is 54.9 Å². The summed E-state index contributed by atoms with van der Waals surface area (Å²) in [5.74, 6) is 7.32. The van der Waals surface area contributed by atoms with E-state index in [-0.39, 0.29) is 34.7 Å². The van der Waals surface area contributed by atoms with Crippen LogP contribution in [0.4, 0.5) is 14.6 Å². The van der Waals surface area contributed by atoms with Gasteiger partial charge in [0.05, 0.1) is 10.9 Å². The van der Waals surface area contributed by atoms with Crippen molar-refractivity contribution in [3.05, 3.63) is 40.6 Å². The van der Waals surface area contributed by atoms with Gasteiger partial charge in [0.25, 0.3) is 0 Å². The highest BCUT2D eigenvalue weighted by atomic mass is 35.5. The van der Waals surface area contributed by atoms with Gasteiger partial charge in [-0.15, -0.1) is 0 Å². The van der Waals surface area contributed by atoms with Crippen molar-refractivity contribution >= 4 is 28.3 Å². The number of phenols is 1. The Kier molecular flexibility index (Phi) is 5.76. The molecule has 0 radical (unpaired) electrons. The highest BCUT2D eigenvalue weighted by molar-refractivity contribution is 6.32. The summed E-state index contributed by atoms with van der Waals surface area (Å²) in [5, 5.41) is 14.8. The molecule has 1 aromatic carbocycles. The molecular weight excluding hydrogens is 546 g/mol. The number of anilines is 1. The smallest absolute Gasteiger partial charge is 0.207 e. The van der Waals surface area contributed by atoms with Crippen molar-refractivity contribution in [1.82, 2.24) is 25.2 Å². The van der Waals surface area contributed by atoms with Crippen LogP contribution in [0.1, 0.15) is 56.3 Å². The van der Waals surface area contributed by atoms with Crippen LogP contribution in [0.15, 0.2) is 18.3 Å². The number of rotatable bonds is 3. The predicted molar refractivity (Wildman–Crippen MR) is 153 cm³/mol. The molecular formula is C31H31ClF2N6O. The topological polar surface area (TPSA) is 77.4 Å². The maximum Gasteiger partial charge on any atom is 0.207 e. The maximum atomic E-state index is 16.6. The van der Waals surface area contributed by atoms with E-state index < -0.39 is 17.5 Å². The first-order valence-corrected chi connectivity index (χ1v) is 15.0. The molecule has 5 aliphatic rings. The summed E-state index contributed by atoms with van der Waals surface area (Å²) in [7, 11) is 0. The molecule has 5 fully saturated rings. The van der Waals surface area contributed by atoms with Crippen LogP contribution in [0, 0.1) is 23.6 Å². The molecule has 2 aromatic heterocycles. The SMILES string of the molecule is C[C@@H]1C[C@H]1c1c(Cl)cc(O)cc1-c1ncc2c(N3C[C@H]4C[C@@H]3CN4)nc(C#C[C@@]34CCCN3C[C@H](F)C4)nc2c1F. The van der Waals surface area contributed by atoms with Gasteiger partial charge in [0.1, 0.15) is 28.9 Å². The molecule has 41 heavy (non-hydrogen) atoms. The Labute approximate surface area is 242 Å². The van der Waals surface area contributed by atoms with E-state index in [0.717, 1.165) is 50.9 Å². The maximum absolute atomic E-state index is 16.6. The zero-order valence-corrected chi connectivity index (χ0v) is 23.6. The summed E-state index contributed by atoms with van der Waals surface area (Å²) in [6, 6.07) is 3.66. The first kappa shape index (κ1) is 25.6. The molecule has 6 heterocycles. The summed E-state index contributed by atoms with van der Waals surface area (Å²) in [6.45, 7) is 4.97. The Hall–Kier alpha value is -3.06. The average molecular weight is 577 g/mol. The molecule has 8 rings (SSSR count). The van der Waals surface area contributed by atoms with Gasteiger partial charge in [-0.05, 0) is 67.7 Å². The number of nitrogens with zero attached hydrogens (tertiary/aromatic N) is 5. The van der Waals surface area contributed by atoms with Gasteiger partial charge in [-0.3, -0.25) is 9.88 Å². The molecule has 1 aliphatic carbocycles. The van der Waals surface area contributed by atoms with Crippen LogP contribution in [-0.2, 0) is 0 Å². The van der Waals surface area contributed by atoms with E-state index in [9.17, 15) is 9.50 Å². The number of aromatic hydroxyl groups is 1. The zero-order valence-electron chi connectivity index (χ0n) is 22.8. The molecule has 3 aromatic rings. The van der Waals surface area contributed by atoms with Crippen LogP contribution >= 0.6 is 11.6 Å². The molecule has 0 unspecified atom stereocenters. The van der Waals surface area contributed by atoms with Crippen LogP contribution in [0.2, 0.25) is 5.02 Å². The van der Waals surface area contributed by atoms with Crippen molar-refractivity contribution in [3.63, 3.8) is 0 Å². The molecule has 6 atom stereocenters. The molecule has 4 saturated heterocycles. The number of nitrogens with one attached hydrogen (secondary N) is 1. The van der Waals surface area contributed by atoms with Crippen molar-refractivity contribution in [2.75, 3.05) is 31.1 Å².